The number of carbonyl (C=O) groups excluding carboxylic acids is 1. The quantitative estimate of drug-likeness (QED) is 0.473. The van der Waals surface area contributed by atoms with Crippen LogP contribution in [0.25, 0.3) is 0 Å². The summed E-state index contributed by atoms with van der Waals surface area (Å²) >= 11 is 12.4. The minimum absolute atomic E-state index is 0.0773. The maximum Gasteiger partial charge on any atom is 0.226 e. The number of benzene rings is 1. The van der Waals surface area contributed by atoms with Crippen LogP contribution in [0.15, 0.2) is 48.7 Å². The van der Waals surface area contributed by atoms with Crippen molar-refractivity contribution >= 4 is 46.2 Å². The lowest BCUT2D eigenvalue weighted by Gasteiger charge is -2.28. The number of nitrogens with zero attached hydrogens (tertiary/aromatic N) is 3. The molecule has 8 heteroatoms. The summed E-state index contributed by atoms with van der Waals surface area (Å²) in [6, 6.07) is 13.5. The van der Waals surface area contributed by atoms with Crippen molar-refractivity contribution in [3.63, 3.8) is 0 Å². The van der Waals surface area contributed by atoms with Crippen molar-refractivity contribution in [1.29, 1.82) is 0 Å². The van der Waals surface area contributed by atoms with Crippen LogP contribution in [0.5, 0.6) is 0 Å². The van der Waals surface area contributed by atoms with E-state index in [1.165, 1.54) is 17.0 Å². The predicted molar refractivity (Wildman–Crippen MR) is 138 cm³/mol. The molecule has 1 aliphatic rings. The first-order valence-electron chi connectivity index (χ1n) is 10.9. The second-order valence-electron chi connectivity index (χ2n) is 8.69. The van der Waals surface area contributed by atoms with E-state index in [1.54, 1.807) is 6.20 Å². The van der Waals surface area contributed by atoms with Crippen LogP contribution in [0, 0.1) is 19.8 Å². The van der Waals surface area contributed by atoms with Crippen molar-refractivity contribution in [2.45, 2.75) is 39.8 Å². The minimum atomic E-state index is -0.135. The Labute approximate surface area is 205 Å². The number of carbonyl (C=O) groups is 1. The maximum atomic E-state index is 12.1. The van der Waals surface area contributed by atoms with Gasteiger partial charge in [0.2, 0.25) is 5.91 Å². The van der Waals surface area contributed by atoms with Gasteiger partial charge in [0.1, 0.15) is 0 Å². The van der Waals surface area contributed by atoms with E-state index < -0.39 is 0 Å². The van der Waals surface area contributed by atoms with E-state index in [1.807, 2.05) is 50.2 Å². The van der Waals surface area contributed by atoms with Gasteiger partial charge in [-0.15, -0.1) is 0 Å². The average Bonchev–Trinajstić information content (AvgIpc) is 3.26. The molecule has 0 spiro atoms. The van der Waals surface area contributed by atoms with Crippen molar-refractivity contribution in [2.75, 3.05) is 10.2 Å². The molecule has 0 bridgehead atoms. The molecule has 2 N–H and O–H groups in total. The third kappa shape index (κ3) is 4.35. The Morgan fingerprint density at radius 1 is 1.21 bits per heavy atom. The number of pyridine rings is 1. The van der Waals surface area contributed by atoms with E-state index in [2.05, 4.69) is 52.0 Å². The Balaban J connectivity index is 1.79. The van der Waals surface area contributed by atoms with Gasteiger partial charge >= 0.3 is 0 Å². The van der Waals surface area contributed by atoms with Crippen LogP contribution < -0.4 is 15.5 Å². The Morgan fingerprint density at radius 2 is 1.97 bits per heavy atom. The number of halogens is 1. The first-order valence-corrected chi connectivity index (χ1v) is 11.7. The number of hydrogen-bond donors (Lipinski definition) is 2. The molecule has 2 atom stereocenters. The Kier molecular flexibility index (Phi) is 6.45. The zero-order valence-corrected chi connectivity index (χ0v) is 21.0. The highest BCUT2D eigenvalue weighted by molar-refractivity contribution is 7.80. The minimum Gasteiger partial charge on any atom is -0.352 e. The van der Waals surface area contributed by atoms with Gasteiger partial charge in [0, 0.05) is 36.2 Å². The predicted octanol–water partition coefficient (Wildman–Crippen LogP) is 5.46. The fraction of sp³-hybridized carbons (Fsp3) is 0.320. The van der Waals surface area contributed by atoms with E-state index in [0.29, 0.717) is 15.8 Å². The van der Waals surface area contributed by atoms with Crippen LogP contribution >= 0.6 is 23.8 Å². The van der Waals surface area contributed by atoms with E-state index in [4.69, 9.17) is 23.8 Å². The second-order valence-corrected chi connectivity index (χ2v) is 9.48. The van der Waals surface area contributed by atoms with Crippen molar-refractivity contribution in [2.24, 2.45) is 13.0 Å². The normalized spacial score (nSPS) is 18.0. The number of nitrogens with one attached hydrogen (secondary N) is 2. The van der Waals surface area contributed by atoms with Gasteiger partial charge in [0.15, 0.2) is 5.11 Å². The van der Waals surface area contributed by atoms with E-state index in [-0.39, 0.29) is 23.9 Å². The Bertz CT molecular complexity index is 1210. The molecule has 2 aromatic heterocycles. The van der Waals surface area contributed by atoms with Gasteiger partial charge in [-0.3, -0.25) is 9.78 Å². The fourth-order valence-corrected chi connectivity index (χ4v) is 4.73. The zero-order valence-electron chi connectivity index (χ0n) is 19.4. The lowest BCUT2D eigenvalue weighted by molar-refractivity contribution is -0.118. The summed E-state index contributed by atoms with van der Waals surface area (Å²) in [5, 5.41) is 7.43. The summed E-state index contributed by atoms with van der Waals surface area (Å²) < 4.78 is 2.18. The number of aromatic nitrogens is 2. The SMILES string of the molecule is Cc1cc([C@@H]2[C@H](c3ccccn3)NC(=S)N2c2ccc(NC(=O)C(C)C)c(Cl)c2)c(C)n1C. The molecule has 1 aromatic carbocycles. The summed E-state index contributed by atoms with van der Waals surface area (Å²) in [5.41, 5.74) is 5.87. The molecule has 1 fully saturated rings. The van der Waals surface area contributed by atoms with E-state index >= 15 is 0 Å². The molecule has 1 aliphatic heterocycles. The molecule has 0 aliphatic carbocycles. The van der Waals surface area contributed by atoms with Crippen LogP contribution in [0.4, 0.5) is 11.4 Å². The molecular weight excluding hydrogens is 454 g/mol. The molecule has 0 unspecified atom stereocenters. The Hall–Kier alpha value is -2.90. The molecule has 172 valence electrons. The lowest BCUT2D eigenvalue weighted by atomic mass is 9.96. The van der Waals surface area contributed by atoms with Gasteiger partial charge in [0.05, 0.1) is 28.5 Å². The van der Waals surface area contributed by atoms with Crippen molar-refractivity contribution in [3.05, 3.63) is 76.3 Å². The highest BCUT2D eigenvalue weighted by Gasteiger charge is 2.42. The van der Waals surface area contributed by atoms with Crippen LogP contribution in [0.2, 0.25) is 5.02 Å². The molecule has 4 rings (SSSR count). The third-order valence-electron chi connectivity index (χ3n) is 6.24. The zero-order chi connectivity index (χ0) is 23.9. The van der Waals surface area contributed by atoms with Gasteiger partial charge in [-0.1, -0.05) is 31.5 Å². The fourth-order valence-electron chi connectivity index (χ4n) is 4.17. The number of rotatable bonds is 5. The van der Waals surface area contributed by atoms with Crippen LogP contribution in [0.1, 0.15) is 48.6 Å². The maximum absolute atomic E-state index is 12.1. The van der Waals surface area contributed by atoms with Gasteiger partial charge in [-0.2, -0.15) is 0 Å². The first kappa shape index (κ1) is 23.3. The third-order valence-corrected chi connectivity index (χ3v) is 6.87. The number of aryl methyl sites for hydroxylation is 1. The van der Waals surface area contributed by atoms with Gasteiger partial charge in [0.25, 0.3) is 0 Å². The Morgan fingerprint density at radius 3 is 2.55 bits per heavy atom. The van der Waals surface area contributed by atoms with Gasteiger partial charge < -0.3 is 20.1 Å². The largest absolute Gasteiger partial charge is 0.352 e. The highest BCUT2D eigenvalue weighted by Crippen LogP contribution is 2.44. The average molecular weight is 482 g/mol. The molecule has 6 nitrogen and oxygen atoms in total. The number of thiocarbonyl (C=S) groups is 1. The van der Waals surface area contributed by atoms with Crippen molar-refractivity contribution in [3.8, 4) is 0 Å². The second kappa shape index (κ2) is 9.15. The molecule has 3 heterocycles. The molecule has 3 aromatic rings. The number of anilines is 2. The summed E-state index contributed by atoms with van der Waals surface area (Å²) in [6.07, 6.45) is 1.80. The molecule has 1 saturated heterocycles. The lowest BCUT2D eigenvalue weighted by Crippen LogP contribution is -2.29. The van der Waals surface area contributed by atoms with E-state index in [0.717, 1.165) is 11.4 Å². The molecular formula is C25H28ClN5OS. The smallest absolute Gasteiger partial charge is 0.226 e. The summed E-state index contributed by atoms with van der Waals surface area (Å²) in [6.45, 7) is 7.91. The molecule has 1 amide bonds. The first-order chi connectivity index (χ1) is 15.7. The van der Waals surface area contributed by atoms with Crippen LogP contribution in [-0.4, -0.2) is 20.6 Å². The van der Waals surface area contributed by atoms with Crippen LogP contribution in [0.3, 0.4) is 0 Å². The summed E-state index contributed by atoms with van der Waals surface area (Å²) in [4.78, 5) is 18.8. The molecule has 0 saturated carbocycles. The highest BCUT2D eigenvalue weighted by atomic mass is 35.5. The monoisotopic (exact) mass is 481 g/mol. The summed E-state index contributed by atoms with van der Waals surface area (Å²) in [5.74, 6) is -0.213. The van der Waals surface area contributed by atoms with Gasteiger partial charge in [-0.25, -0.2) is 0 Å². The van der Waals surface area contributed by atoms with Crippen molar-refractivity contribution in [1.82, 2.24) is 14.9 Å². The standard InChI is InChI=1S/C25H28ClN5OS/c1-14(2)24(32)28-20-10-9-17(13-19(20)26)31-23(18-12-15(3)30(5)16(18)4)22(29-25(31)33)21-8-6-7-11-27-21/h6-14,22-23H,1-5H3,(H,28,32)(H,29,33)/t22-,23+/m0/s1. The molecule has 0 radical (unpaired) electrons. The van der Waals surface area contributed by atoms with E-state index in [9.17, 15) is 4.79 Å². The van der Waals surface area contributed by atoms with Crippen LogP contribution in [-0.2, 0) is 11.8 Å². The number of amides is 1. The van der Waals surface area contributed by atoms with Crippen molar-refractivity contribution < 1.29 is 4.79 Å². The summed E-state index contributed by atoms with van der Waals surface area (Å²) in [7, 11) is 2.07. The topological polar surface area (TPSA) is 62.2 Å². The molecule has 33 heavy (non-hydrogen) atoms. The van der Waals surface area contributed by atoms with Gasteiger partial charge in [-0.05, 0) is 68.0 Å². The number of hydrogen-bond acceptors (Lipinski definition) is 3.